The van der Waals surface area contributed by atoms with E-state index in [0.717, 1.165) is 35.5 Å². The van der Waals surface area contributed by atoms with Gasteiger partial charge in [0, 0.05) is 49.8 Å². The number of methoxy groups -OCH3 is 1. The number of nitrogen functional groups attached to an aromatic ring is 1. The first-order valence-corrected chi connectivity index (χ1v) is 11.1. The third-order valence-electron chi connectivity index (χ3n) is 6.27. The van der Waals surface area contributed by atoms with Crippen LogP contribution in [0.2, 0.25) is 0 Å². The van der Waals surface area contributed by atoms with Crippen molar-refractivity contribution in [3.63, 3.8) is 0 Å². The van der Waals surface area contributed by atoms with E-state index in [9.17, 15) is 9.59 Å². The number of pyridine rings is 1. The van der Waals surface area contributed by atoms with E-state index in [1.54, 1.807) is 19.2 Å². The molecule has 1 atom stereocenters. The molecule has 0 radical (unpaired) electrons. The number of carbonyl (C=O) groups excluding carboxylic acids is 2. The Kier molecular flexibility index (Phi) is 6.32. The number of ether oxygens (including phenoxy) is 1. The Labute approximate surface area is 188 Å². The zero-order chi connectivity index (χ0) is 22.8. The Morgan fingerprint density at radius 2 is 1.91 bits per heavy atom. The van der Waals surface area contributed by atoms with Crippen molar-refractivity contribution in [3.05, 3.63) is 41.6 Å². The van der Waals surface area contributed by atoms with Crippen molar-refractivity contribution in [1.82, 2.24) is 9.88 Å². The molecular weight excluding hydrogens is 406 g/mol. The predicted octanol–water partition coefficient (Wildman–Crippen LogP) is 2.38. The van der Waals surface area contributed by atoms with Gasteiger partial charge < -0.3 is 26.0 Å². The normalized spacial score (nSPS) is 18.6. The molecule has 8 heteroatoms. The van der Waals surface area contributed by atoms with Gasteiger partial charge in [0.2, 0.25) is 11.8 Å². The first-order valence-electron chi connectivity index (χ1n) is 11.1. The molecule has 0 spiro atoms. The maximum atomic E-state index is 12.5. The summed E-state index contributed by atoms with van der Waals surface area (Å²) in [6, 6.07) is 9.33. The maximum Gasteiger partial charge on any atom is 0.248 e. The lowest BCUT2D eigenvalue weighted by molar-refractivity contribution is -0.134. The number of hydrogen-bond acceptors (Lipinski definition) is 6. The smallest absolute Gasteiger partial charge is 0.248 e. The summed E-state index contributed by atoms with van der Waals surface area (Å²) in [5.41, 5.74) is 16.0. The number of nitrogens with zero attached hydrogens (tertiary/aromatic N) is 3. The number of aromatic nitrogens is 1. The van der Waals surface area contributed by atoms with Gasteiger partial charge in [-0.25, -0.2) is 4.98 Å². The largest absolute Gasteiger partial charge is 0.396 e. The molecule has 4 rings (SSSR count). The van der Waals surface area contributed by atoms with Gasteiger partial charge in [-0.1, -0.05) is 12.1 Å². The first kappa shape index (κ1) is 22.1. The van der Waals surface area contributed by atoms with Crippen molar-refractivity contribution in [3.8, 4) is 11.1 Å². The molecule has 2 heterocycles. The van der Waals surface area contributed by atoms with Crippen molar-refractivity contribution in [2.45, 2.75) is 38.1 Å². The van der Waals surface area contributed by atoms with Crippen molar-refractivity contribution < 1.29 is 14.3 Å². The van der Waals surface area contributed by atoms with Crippen LogP contribution in [-0.2, 0) is 9.53 Å². The van der Waals surface area contributed by atoms with Gasteiger partial charge in [0.1, 0.15) is 0 Å². The SMILES string of the molecule is COCCC(=O)N1CCN(c2nc(C3CC3)c(-c3ccc(C(N)=O)cc3)cc2N)C[C@H]1C. The summed E-state index contributed by atoms with van der Waals surface area (Å²) < 4.78 is 5.04. The molecule has 1 aromatic carbocycles. The second-order valence-corrected chi connectivity index (χ2v) is 8.67. The second kappa shape index (κ2) is 9.16. The van der Waals surface area contributed by atoms with Gasteiger partial charge in [-0.2, -0.15) is 0 Å². The average molecular weight is 438 g/mol. The lowest BCUT2D eigenvalue weighted by atomic mass is 9.99. The molecule has 2 amide bonds. The van der Waals surface area contributed by atoms with Crippen molar-refractivity contribution >= 4 is 23.3 Å². The maximum absolute atomic E-state index is 12.5. The van der Waals surface area contributed by atoms with E-state index in [1.165, 1.54) is 0 Å². The van der Waals surface area contributed by atoms with E-state index in [4.69, 9.17) is 21.2 Å². The fraction of sp³-hybridized carbons (Fsp3) is 0.458. The number of rotatable bonds is 7. The van der Waals surface area contributed by atoms with Crippen LogP contribution in [0.25, 0.3) is 11.1 Å². The molecule has 32 heavy (non-hydrogen) atoms. The Bertz CT molecular complexity index is 1000. The molecule has 1 aliphatic carbocycles. The minimum absolute atomic E-state index is 0.0692. The molecule has 8 nitrogen and oxygen atoms in total. The molecule has 1 saturated carbocycles. The molecule has 1 saturated heterocycles. The Morgan fingerprint density at radius 1 is 1.19 bits per heavy atom. The number of carbonyl (C=O) groups is 2. The van der Waals surface area contributed by atoms with E-state index in [0.29, 0.717) is 49.8 Å². The summed E-state index contributed by atoms with van der Waals surface area (Å²) in [6.45, 7) is 4.51. The average Bonchev–Trinajstić information content (AvgIpc) is 3.62. The predicted molar refractivity (Wildman–Crippen MR) is 124 cm³/mol. The zero-order valence-corrected chi connectivity index (χ0v) is 18.7. The van der Waals surface area contributed by atoms with Gasteiger partial charge in [0.05, 0.1) is 24.4 Å². The summed E-state index contributed by atoms with van der Waals surface area (Å²) in [4.78, 5) is 33.0. The van der Waals surface area contributed by atoms with Crippen molar-refractivity contribution in [1.29, 1.82) is 0 Å². The van der Waals surface area contributed by atoms with Gasteiger partial charge in [-0.05, 0) is 43.5 Å². The van der Waals surface area contributed by atoms with E-state index < -0.39 is 5.91 Å². The van der Waals surface area contributed by atoms with Crippen LogP contribution < -0.4 is 16.4 Å². The third-order valence-corrected chi connectivity index (χ3v) is 6.27. The highest BCUT2D eigenvalue weighted by molar-refractivity contribution is 5.93. The number of nitrogens with two attached hydrogens (primary N) is 2. The van der Waals surface area contributed by atoms with Gasteiger partial charge in [-0.3, -0.25) is 9.59 Å². The van der Waals surface area contributed by atoms with Crippen LogP contribution in [0.4, 0.5) is 11.5 Å². The first-order chi connectivity index (χ1) is 15.4. The number of anilines is 2. The summed E-state index contributed by atoms with van der Waals surface area (Å²) in [5.74, 6) is 0.893. The lowest BCUT2D eigenvalue weighted by Gasteiger charge is -2.41. The van der Waals surface area contributed by atoms with Crippen LogP contribution in [0.15, 0.2) is 30.3 Å². The molecule has 4 N–H and O–H groups in total. The highest BCUT2D eigenvalue weighted by atomic mass is 16.5. The lowest BCUT2D eigenvalue weighted by Crippen LogP contribution is -2.54. The fourth-order valence-electron chi connectivity index (χ4n) is 4.35. The van der Waals surface area contributed by atoms with Crippen molar-refractivity contribution in [2.75, 3.05) is 44.0 Å². The highest BCUT2D eigenvalue weighted by Gasteiger charge is 2.32. The molecule has 2 aromatic rings. The summed E-state index contributed by atoms with van der Waals surface area (Å²) in [5, 5.41) is 0. The Hall–Kier alpha value is -3.13. The van der Waals surface area contributed by atoms with Gasteiger partial charge in [-0.15, -0.1) is 0 Å². The molecule has 0 bridgehead atoms. The minimum Gasteiger partial charge on any atom is -0.396 e. The fourth-order valence-corrected chi connectivity index (χ4v) is 4.35. The topological polar surface area (TPSA) is 115 Å². The van der Waals surface area contributed by atoms with Crippen molar-refractivity contribution in [2.24, 2.45) is 5.73 Å². The van der Waals surface area contributed by atoms with Gasteiger partial charge >= 0.3 is 0 Å². The van der Waals surface area contributed by atoms with E-state index in [-0.39, 0.29) is 11.9 Å². The number of primary amides is 1. The molecule has 1 aliphatic heterocycles. The Morgan fingerprint density at radius 3 is 2.50 bits per heavy atom. The highest BCUT2D eigenvalue weighted by Crippen LogP contribution is 2.45. The molecule has 1 aromatic heterocycles. The van der Waals surface area contributed by atoms with Gasteiger partial charge in [0.25, 0.3) is 0 Å². The zero-order valence-electron chi connectivity index (χ0n) is 18.7. The van der Waals surface area contributed by atoms with E-state index >= 15 is 0 Å². The molecule has 0 unspecified atom stereocenters. The van der Waals surface area contributed by atoms with Crippen LogP contribution in [-0.4, -0.2) is 61.1 Å². The minimum atomic E-state index is -0.444. The number of amides is 2. The summed E-state index contributed by atoms with van der Waals surface area (Å²) in [6.07, 6.45) is 2.62. The van der Waals surface area contributed by atoms with Crippen LogP contribution in [0.1, 0.15) is 48.2 Å². The van der Waals surface area contributed by atoms with Crippen LogP contribution >= 0.6 is 0 Å². The molecular formula is C24H31N5O3. The monoisotopic (exact) mass is 437 g/mol. The standard InChI is InChI=1S/C24H31N5O3/c1-15-14-28(10-11-29(15)21(30)9-12-32-2)24-20(25)13-19(22(27-24)17-5-6-17)16-3-7-18(8-4-16)23(26)31/h3-4,7-8,13,15,17H,5-6,9-12,14,25H2,1-2H3,(H2,26,31)/t15-/m1/s1. The number of piperazine rings is 1. The number of hydrogen-bond donors (Lipinski definition) is 2. The summed E-state index contributed by atoms with van der Waals surface area (Å²) in [7, 11) is 1.61. The second-order valence-electron chi connectivity index (χ2n) is 8.67. The van der Waals surface area contributed by atoms with Gasteiger partial charge in [0.15, 0.2) is 5.82 Å². The summed E-state index contributed by atoms with van der Waals surface area (Å²) >= 11 is 0. The number of benzene rings is 1. The van der Waals surface area contributed by atoms with E-state index in [1.807, 2.05) is 23.1 Å². The Balaban J connectivity index is 1.58. The van der Waals surface area contributed by atoms with E-state index in [2.05, 4.69) is 11.8 Å². The third kappa shape index (κ3) is 4.55. The molecule has 2 aliphatic rings. The molecule has 170 valence electrons. The van der Waals surface area contributed by atoms with Crippen LogP contribution in [0.3, 0.4) is 0 Å². The molecule has 2 fully saturated rings. The van der Waals surface area contributed by atoms with Crippen LogP contribution in [0, 0.1) is 0 Å². The quantitative estimate of drug-likeness (QED) is 0.687. The van der Waals surface area contributed by atoms with Crippen LogP contribution in [0.5, 0.6) is 0 Å².